The molecule has 1 atom stereocenters. The second kappa shape index (κ2) is 6.48. The van der Waals surface area contributed by atoms with Crippen LogP contribution in [0.25, 0.3) is 10.2 Å². The first-order chi connectivity index (χ1) is 10.9. The molecule has 0 radical (unpaired) electrons. The number of aromatic nitrogens is 2. The maximum atomic E-state index is 5.47. The van der Waals surface area contributed by atoms with Gasteiger partial charge in [-0.1, -0.05) is 0 Å². The minimum Gasteiger partial charge on any atom is -0.379 e. The molecule has 4 rings (SSSR count). The molecule has 0 N–H and O–H groups in total. The molecule has 2 fully saturated rings. The fourth-order valence-electron chi connectivity index (χ4n) is 3.56. The minimum atomic E-state index is 0.560. The van der Waals surface area contributed by atoms with Gasteiger partial charge in [-0.2, -0.15) is 0 Å². The van der Waals surface area contributed by atoms with E-state index in [0.717, 1.165) is 50.0 Å². The molecule has 0 amide bonds. The Labute approximate surface area is 134 Å². The number of thiophene rings is 1. The number of rotatable bonds is 3. The van der Waals surface area contributed by atoms with Gasteiger partial charge in [0.25, 0.3) is 0 Å². The standard InChI is InChI=1S/C16H22N4OS/c1-2-5-20(13(3-1)11-19-6-8-21-9-7-19)15-14-4-10-22-16(14)18-12-17-15/h4,10,12-13H,1-3,5-9,11H2/t13-/m0/s1. The summed E-state index contributed by atoms with van der Waals surface area (Å²) >= 11 is 1.70. The molecular formula is C16H22N4OS. The summed E-state index contributed by atoms with van der Waals surface area (Å²) in [6.45, 7) is 6.09. The molecule has 22 heavy (non-hydrogen) atoms. The van der Waals surface area contributed by atoms with E-state index in [2.05, 4.69) is 31.2 Å². The fourth-order valence-corrected chi connectivity index (χ4v) is 4.28. The van der Waals surface area contributed by atoms with Gasteiger partial charge in [-0.3, -0.25) is 4.90 Å². The van der Waals surface area contributed by atoms with Crippen LogP contribution in [0.5, 0.6) is 0 Å². The summed E-state index contributed by atoms with van der Waals surface area (Å²) < 4.78 is 5.47. The number of ether oxygens (including phenoxy) is 1. The van der Waals surface area contributed by atoms with Gasteiger partial charge in [-0.05, 0) is 30.7 Å². The van der Waals surface area contributed by atoms with Crippen molar-refractivity contribution in [1.82, 2.24) is 14.9 Å². The third kappa shape index (κ3) is 2.83. The molecule has 0 aliphatic carbocycles. The zero-order valence-electron chi connectivity index (χ0n) is 12.8. The predicted octanol–water partition coefficient (Wildman–Crippen LogP) is 2.38. The maximum Gasteiger partial charge on any atom is 0.141 e. The maximum absolute atomic E-state index is 5.47. The molecule has 0 bridgehead atoms. The minimum absolute atomic E-state index is 0.560. The van der Waals surface area contributed by atoms with Gasteiger partial charge in [0.1, 0.15) is 17.0 Å². The number of piperidine rings is 1. The molecule has 6 heteroatoms. The van der Waals surface area contributed by atoms with Crippen LogP contribution in [0.4, 0.5) is 5.82 Å². The second-order valence-corrected chi connectivity index (χ2v) is 6.99. The average Bonchev–Trinajstić information content (AvgIpc) is 3.05. The largest absolute Gasteiger partial charge is 0.379 e. The Morgan fingerprint density at radius 2 is 2.09 bits per heavy atom. The van der Waals surface area contributed by atoms with Crippen LogP contribution >= 0.6 is 11.3 Å². The summed E-state index contributed by atoms with van der Waals surface area (Å²) in [6.07, 6.45) is 5.56. The summed E-state index contributed by atoms with van der Waals surface area (Å²) in [5.41, 5.74) is 0. The van der Waals surface area contributed by atoms with Crippen molar-refractivity contribution >= 4 is 27.4 Å². The second-order valence-electron chi connectivity index (χ2n) is 6.09. The van der Waals surface area contributed by atoms with Crippen LogP contribution < -0.4 is 4.90 Å². The van der Waals surface area contributed by atoms with Crippen molar-refractivity contribution in [2.75, 3.05) is 44.3 Å². The van der Waals surface area contributed by atoms with E-state index < -0.39 is 0 Å². The summed E-state index contributed by atoms with van der Waals surface area (Å²) in [7, 11) is 0. The first-order valence-electron chi connectivity index (χ1n) is 8.17. The summed E-state index contributed by atoms with van der Waals surface area (Å²) in [6, 6.07) is 2.72. The van der Waals surface area contributed by atoms with Crippen molar-refractivity contribution < 1.29 is 4.74 Å². The highest BCUT2D eigenvalue weighted by Crippen LogP contribution is 2.31. The first kappa shape index (κ1) is 14.4. The Morgan fingerprint density at radius 3 is 3.00 bits per heavy atom. The SMILES string of the molecule is c1nc(N2CCCC[C@H]2CN2CCOCC2)c2ccsc2n1. The Kier molecular flexibility index (Phi) is 4.23. The number of anilines is 1. The lowest BCUT2D eigenvalue weighted by Crippen LogP contribution is -2.49. The Morgan fingerprint density at radius 1 is 1.18 bits per heavy atom. The first-order valence-corrected chi connectivity index (χ1v) is 9.05. The quantitative estimate of drug-likeness (QED) is 0.869. The van der Waals surface area contributed by atoms with Gasteiger partial charge in [-0.25, -0.2) is 9.97 Å². The normalized spacial score (nSPS) is 24.0. The van der Waals surface area contributed by atoms with Gasteiger partial charge in [0.2, 0.25) is 0 Å². The number of hydrogen-bond donors (Lipinski definition) is 0. The third-order valence-corrected chi connectivity index (χ3v) is 5.53. The van der Waals surface area contributed by atoms with Crippen molar-refractivity contribution in [3.05, 3.63) is 17.8 Å². The van der Waals surface area contributed by atoms with E-state index in [1.165, 1.54) is 24.6 Å². The van der Waals surface area contributed by atoms with E-state index in [1.54, 1.807) is 17.7 Å². The highest BCUT2D eigenvalue weighted by molar-refractivity contribution is 7.16. The van der Waals surface area contributed by atoms with Crippen LogP contribution in [0.2, 0.25) is 0 Å². The lowest BCUT2D eigenvalue weighted by atomic mass is 10.0. The van der Waals surface area contributed by atoms with Gasteiger partial charge in [0.15, 0.2) is 0 Å². The Hall–Kier alpha value is -1.24. The Bertz CT molecular complexity index is 625. The molecule has 4 heterocycles. The number of hydrogen-bond acceptors (Lipinski definition) is 6. The number of morpholine rings is 1. The van der Waals surface area contributed by atoms with Crippen molar-refractivity contribution in [3.8, 4) is 0 Å². The molecule has 0 saturated carbocycles. The molecule has 2 aliphatic rings. The molecule has 2 aromatic rings. The average molecular weight is 318 g/mol. The van der Waals surface area contributed by atoms with Gasteiger partial charge in [-0.15, -0.1) is 11.3 Å². The van der Waals surface area contributed by atoms with Crippen LogP contribution in [0, 0.1) is 0 Å². The van der Waals surface area contributed by atoms with Crippen LogP contribution in [0.3, 0.4) is 0 Å². The Balaban J connectivity index is 1.58. The van der Waals surface area contributed by atoms with Gasteiger partial charge in [0, 0.05) is 32.2 Å². The molecule has 2 aliphatic heterocycles. The third-order valence-electron chi connectivity index (χ3n) is 4.71. The van der Waals surface area contributed by atoms with Crippen molar-refractivity contribution in [2.45, 2.75) is 25.3 Å². The van der Waals surface area contributed by atoms with Gasteiger partial charge >= 0.3 is 0 Å². The molecule has 0 spiro atoms. The smallest absolute Gasteiger partial charge is 0.141 e. The van der Waals surface area contributed by atoms with E-state index in [4.69, 9.17) is 4.74 Å². The molecular weight excluding hydrogens is 296 g/mol. The zero-order valence-corrected chi connectivity index (χ0v) is 13.6. The zero-order chi connectivity index (χ0) is 14.8. The van der Waals surface area contributed by atoms with Gasteiger partial charge < -0.3 is 9.64 Å². The molecule has 118 valence electrons. The highest BCUT2D eigenvalue weighted by atomic mass is 32.1. The van der Waals surface area contributed by atoms with E-state index >= 15 is 0 Å². The number of nitrogens with zero attached hydrogens (tertiary/aromatic N) is 4. The highest BCUT2D eigenvalue weighted by Gasteiger charge is 2.27. The summed E-state index contributed by atoms with van der Waals surface area (Å²) in [5.74, 6) is 1.13. The predicted molar refractivity (Wildman–Crippen MR) is 89.7 cm³/mol. The van der Waals surface area contributed by atoms with Crippen LogP contribution in [-0.2, 0) is 4.74 Å². The topological polar surface area (TPSA) is 41.5 Å². The molecule has 2 saturated heterocycles. The molecule has 5 nitrogen and oxygen atoms in total. The number of fused-ring (bicyclic) bond motifs is 1. The van der Waals surface area contributed by atoms with E-state index in [1.807, 2.05) is 0 Å². The lowest BCUT2D eigenvalue weighted by molar-refractivity contribution is 0.0338. The fraction of sp³-hybridized carbons (Fsp3) is 0.625. The lowest BCUT2D eigenvalue weighted by Gasteiger charge is -2.40. The molecule has 0 aromatic carbocycles. The van der Waals surface area contributed by atoms with Crippen molar-refractivity contribution in [2.24, 2.45) is 0 Å². The van der Waals surface area contributed by atoms with E-state index in [0.29, 0.717) is 6.04 Å². The van der Waals surface area contributed by atoms with Crippen LogP contribution in [0.15, 0.2) is 17.8 Å². The van der Waals surface area contributed by atoms with Crippen molar-refractivity contribution in [1.29, 1.82) is 0 Å². The van der Waals surface area contributed by atoms with E-state index in [-0.39, 0.29) is 0 Å². The monoisotopic (exact) mass is 318 g/mol. The van der Waals surface area contributed by atoms with Crippen LogP contribution in [0.1, 0.15) is 19.3 Å². The summed E-state index contributed by atoms with van der Waals surface area (Å²) in [4.78, 5) is 15.2. The van der Waals surface area contributed by atoms with Gasteiger partial charge in [0.05, 0.1) is 18.6 Å². The molecule has 2 aromatic heterocycles. The summed E-state index contributed by atoms with van der Waals surface area (Å²) in [5, 5.41) is 3.32. The van der Waals surface area contributed by atoms with Crippen LogP contribution in [-0.4, -0.2) is 60.3 Å². The van der Waals surface area contributed by atoms with E-state index in [9.17, 15) is 0 Å². The van der Waals surface area contributed by atoms with Crippen molar-refractivity contribution in [3.63, 3.8) is 0 Å². The molecule has 0 unspecified atom stereocenters.